The third-order valence-corrected chi connectivity index (χ3v) is 4.22. The van der Waals surface area contributed by atoms with E-state index in [1.165, 1.54) is 12.1 Å². The molecule has 7 heteroatoms. The Kier molecular flexibility index (Phi) is 3.11. The van der Waals surface area contributed by atoms with Gasteiger partial charge in [-0.15, -0.1) is 0 Å². The average molecular weight is 302 g/mol. The van der Waals surface area contributed by atoms with Crippen molar-refractivity contribution < 1.29 is 8.42 Å². The lowest BCUT2D eigenvalue weighted by Crippen LogP contribution is -2.21. The van der Waals surface area contributed by atoms with Gasteiger partial charge in [-0.05, 0) is 30.7 Å². The number of nitrogens with two attached hydrogens (primary N) is 1. The number of rotatable bonds is 3. The molecule has 0 saturated carbocycles. The zero-order valence-corrected chi connectivity index (χ0v) is 12.2. The van der Waals surface area contributed by atoms with Crippen molar-refractivity contribution in [2.24, 2.45) is 15.1 Å². The smallest absolute Gasteiger partial charge is 0.238 e. The average Bonchev–Trinajstić information content (AvgIpc) is 2.73. The molecule has 0 bridgehead atoms. The first-order chi connectivity index (χ1) is 9.86. The first kappa shape index (κ1) is 13.8. The van der Waals surface area contributed by atoms with E-state index in [4.69, 9.17) is 5.14 Å². The van der Waals surface area contributed by atoms with Gasteiger partial charge in [0.15, 0.2) is 5.66 Å². The molecule has 0 aliphatic carbocycles. The van der Waals surface area contributed by atoms with Crippen LogP contribution in [0.4, 0.5) is 0 Å². The van der Waals surface area contributed by atoms with E-state index in [1.54, 1.807) is 24.5 Å². The summed E-state index contributed by atoms with van der Waals surface area (Å²) >= 11 is 0. The number of benzene rings is 1. The molecule has 1 unspecified atom stereocenters. The van der Waals surface area contributed by atoms with E-state index in [2.05, 4.69) is 15.0 Å². The molecule has 108 valence electrons. The number of primary sulfonamides is 1. The molecule has 0 amide bonds. The maximum atomic E-state index is 11.2. The Morgan fingerprint density at radius 2 is 1.76 bits per heavy atom. The third-order valence-electron chi connectivity index (χ3n) is 3.29. The van der Waals surface area contributed by atoms with E-state index in [0.717, 1.165) is 16.3 Å². The van der Waals surface area contributed by atoms with E-state index in [1.807, 2.05) is 13.0 Å². The highest BCUT2D eigenvalue weighted by Gasteiger charge is 2.25. The van der Waals surface area contributed by atoms with Gasteiger partial charge < -0.3 is 0 Å². The number of hydrogen-bond donors (Lipinski definition) is 1. The lowest BCUT2D eigenvalue weighted by atomic mass is 10.0. The quantitative estimate of drug-likeness (QED) is 0.860. The van der Waals surface area contributed by atoms with Crippen LogP contribution in [-0.4, -0.2) is 19.1 Å². The van der Waals surface area contributed by atoms with Gasteiger partial charge in [0, 0.05) is 12.6 Å². The summed E-state index contributed by atoms with van der Waals surface area (Å²) in [6, 6.07) is 8.29. The molecule has 1 aliphatic rings. The van der Waals surface area contributed by atoms with Crippen molar-refractivity contribution in [1.82, 2.24) is 4.98 Å². The van der Waals surface area contributed by atoms with Crippen LogP contribution in [0.5, 0.6) is 0 Å². The molecule has 0 saturated heterocycles. The van der Waals surface area contributed by atoms with Crippen molar-refractivity contribution in [3.63, 3.8) is 0 Å². The van der Waals surface area contributed by atoms with Crippen LogP contribution < -0.4 is 15.9 Å². The number of sulfonamides is 1. The SMILES string of the molecule is CC1(Cc2ccc(S(N)(=O)=O)cc2)N=c2ccncc2=N1. The van der Waals surface area contributed by atoms with Crippen molar-refractivity contribution in [3.8, 4) is 0 Å². The topological polar surface area (TPSA) is 97.8 Å². The molecule has 3 rings (SSSR count). The minimum absolute atomic E-state index is 0.101. The third kappa shape index (κ3) is 2.84. The summed E-state index contributed by atoms with van der Waals surface area (Å²) < 4.78 is 22.5. The predicted octanol–water partition coefficient (Wildman–Crippen LogP) is -0.0593. The molecule has 2 heterocycles. The molecule has 0 spiro atoms. The van der Waals surface area contributed by atoms with Gasteiger partial charge >= 0.3 is 0 Å². The zero-order valence-electron chi connectivity index (χ0n) is 11.4. The second-order valence-corrected chi connectivity index (χ2v) is 6.73. The Bertz CT molecular complexity index is 870. The monoisotopic (exact) mass is 302 g/mol. The highest BCUT2D eigenvalue weighted by molar-refractivity contribution is 7.89. The fourth-order valence-corrected chi connectivity index (χ4v) is 2.88. The molecule has 1 aromatic heterocycles. The minimum atomic E-state index is -3.66. The summed E-state index contributed by atoms with van der Waals surface area (Å²) in [5, 5.41) is 6.69. The predicted molar refractivity (Wildman–Crippen MR) is 76.5 cm³/mol. The molecule has 2 aromatic rings. The van der Waals surface area contributed by atoms with E-state index in [-0.39, 0.29) is 4.90 Å². The minimum Gasteiger partial charge on any atom is -0.262 e. The van der Waals surface area contributed by atoms with E-state index in [9.17, 15) is 8.42 Å². The van der Waals surface area contributed by atoms with Gasteiger partial charge in [0.05, 0.1) is 16.4 Å². The molecular weight excluding hydrogens is 288 g/mol. The van der Waals surface area contributed by atoms with Gasteiger partial charge in [-0.1, -0.05) is 12.1 Å². The molecule has 1 aromatic carbocycles. The number of nitrogens with zero attached hydrogens (tertiary/aromatic N) is 3. The fourth-order valence-electron chi connectivity index (χ4n) is 2.37. The van der Waals surface area contributed by atoms with Gasteiger partial charge in [-0.25, -0.2) is 13.6 Å². The Balaban J connectivity index is 1.90. The van der Waals surface area contributed by atoms with Crippen molar-refractivity contribution in [1.29, 1.82) is 0 Å². The van der Waals surface area contributed by atoms with Crippen LogP contribution >= 0.6 is 0 Å². The first-order valence-electron chi connectivity index (χ1n) is 6.37. The van der Waals surface area contributed by atoms with Crippen LogP contribution in [0.25, 0.3) is 0 Å². The summed E-state index contributed by atoms with van der Waals surface area (Å²) in [6.07, 6.45) is 3.95. The number of aromatic nitrogens is 1. The van der Waals surface area contributed by atoms with Crippen LogP contribution in [0.1, 0.15) is 12.5 Å². The molecule has 0 radical (unpaired) electrons. The van der Waals surface area contributed by atoms with Gasteiger partial charge in [0.1, 0.15) is 5.36 Å². The highest BCUT2D eigenvalue weighted by Crippen LogP contribution is 2.20. The summed E-state index contributed by atoms with van der Waals surface area (Å²) in [5.74, 6) is 0. The first-order valence-corrected chi connectivity index (χ1v) is 7.92. The maximum Gasteiger partial charge on any atom is 0.238 e. The van der Waals surface area contributed by atoms with Crippen LogP contribution in [0.15, 0.2) is 57.6 Å². The van der Waals surface area contributed by atoms with Crippen LogP contribution in [0.3, 0.4) is 0 Å². The highest BCUT2D eigenvalue weighted by atomic mass is 32.2. The van der Waals surface area contributed by atoms with Crippen molar-refractivity contribution in [2.75, 3.05) is 0 Å². The molecule has 21 heavy (non-hydrogen) atoms. The second kappa shape index (κ2) is 4.71. The maximum absolute atomic E-state index is 11.2. The largest absolute Gasteiger partial charge is 0.262 e. The fraction of sp³-hybridized carbons (Fsp3) is 0.214. The van der Waals surface area contributed by atoms with Gasteiger partial charge in [-0.3, -0.25) is 15.0 Å². The van der Waals surface area contributed by atoms with E-state index in [0.29, 0.717) is 6.42 Å². The lowest BCUT2D eigenvalue weighted by molar-refractivity contribution is 0.490. The molecule has 2 N–H and O–H groups in total. The molecule has 1 aliphatic heterocycles. The number of pyridine rings is 1. The van der Waals surface area contributed by atoms with Gasteiger partial charge in [0.2, 0.25) is 10.0 Å². The van der Waals surface area contributed by atoms with Gasteiger partial charge in [0.25, 0.3) is 0 Å². The summed E-state index contributed by atoms with van der Waals surface area (Å²) in [5.41, 5.74) is 0.354. The van der Waals surface area contributed by atoms with Crippen molar-refractivity contribution >= 4 is 10.0 Å². The van der Waals surface area contributed by atoms with Crippen molar-refractivity contribution in [2.45, 2.75) is 23.9 Å². The Hall–Kier alpha value is -2.12. The normalized spacial score (nSPS) is 20.5. The number of hydrogen-bond acceptors (Lipinski definition) is 5. The Morgan fingerprint density at radius 3 is 2.38 bits per heavy atom. The standard InChI is InChI=1S/C14H14N4O2S/c1-14(17-12-6-7-16-9-13(12)18-14)8-10-2-4-11(5-3-10)21(15,19)20/h2-7,9H,8H2,1H3,(H2,15,19,20). The summed E-state index contributed by atoms with van der Waals surface area (Å²) in [7, 11) is -3.66. The molecule has 6 nitrogen and oxygen atoms in total. The molecular formula is C14H14N4O2S. The molecule has 1 atom stereocenters. The Labute approximate surface area is 122 Å². The Morgan fingerprint density at radius 1 is 1.10 bits per heavy atom. The van der Waals surface area contributed by atoms with Crippen LogP contribution in [0, 0.1) is 0 Å². The zero-order chi connectivity index (χ0) is 15.1. The van der Waals surface area contributed by atoms with Crippen LogP contribution in [0.2, 0.25) is 0 Å². The van der Waals surface area contributed by atoms with E-state index >= 15 is 0 Å². The van der Waals surface area contributed by atoms with E-state index < -0.39 is 15.7 Å². The summed E-state index contributed by atoms with van der Waals surface area (Å²) in [4.78, 5) is 13.3. The lowest BCUT2D eigenvalue weighted by Gasteiger charge is -2.17. The summed E-state index contributed by atoms with van der Waals surface area (Å²) in [6.45, 7) is 1.93. The van der Waals surface area contributed by atoms with Crippen LogP contribution in [-0.2, 0) is 16.4 Å². The molecule has 0 fully saturated rings. The van der Waals surface area contributed by atoms with Crippen molar-refractivity contribution in [3.05, 3.63) is 59.0 Å². The number of fused-ring (bicyclic) bond motifs is 1. The van der Waals surface area contributed by atoms with Gasteiger partial charge in [-0.2, -0.15) is 0 Å². The second-order valence-electron chi connectivity index (χ2n) is 5.17.